The van der Waals surface area contributed by atoms with Crippen molar-refractivity contribution in [2.24, 2.45) is 0 Å². The minimum Gasteiger partial charge on any atom is -0.317 e. The maximum atomic E-state index is 12.1. The van der Waals surface area contributed by atoms with Gasteiger partial charge < -0.3 is 5.32 Å². The average Bonchev–Trinajstić information content (AvgIpc) is 2.25. The van der Waals surface area contributed by atoms with Crippen LogP contribution in [0.5, 0.6) is 0 Å². The van der Waals surface area contributed by atoms with Crippen molar-refractivity contribution >= 4 is 37.0 Å². The molecule has 0 bridgehead atoms. The number of rotatable bonds is 3. The summed E-state index contributed by atoms with van der Waals surface area (Å²) in [6.45, 7) is 0. The molecule has 0 fully saturated rings. The van der Waals surface area contributed by atoms with Gasteiger partial charge in [0.1, 0.15) is 4.90 Å². The highest BCUT2D eigenvalue weighted by molar-refractivity contribution is 8.13. The summed E-state index contributed by atoms with van der Waals surface area (Å²) in [6, 6.07) is 1.80. The number of nitrogens with zero attached hydrogens (tertiary/aromatic N) is 1. The number of anilines is 1. The highest BCUT2D eigenvalue weighted by Crippen LogP contribution is 2.30. The summed E-state index contributed by atoms with van der Waals surface area (Å²) in [5.74, 6) is -2.49. The van der Waals surface area contributed by atoms with E-state index in [4.69, 9.17) is 10.7 Å². The maximum Gasteiger partial charge on any atom is 0.471 e. The Labute approximate surface area is 113 Å². The molecule has 1 N–H and O–H groups in total. The van der Waals surface area contributed by atoms with Crippen molar-refractivity contribution in [3.05, 3.63) is 28.3 Å². The summed E-state index contributed by atoms with van der Waals surface area (Å²) in [7, 11) is 0.464. The molecular weight excluding hydrogens is 329 g/mol. The first-order chi connectivity index (χ1) is 8.93. The van der Waals surface area contributed by atoms with Crippen molar-refractivity contribution in [2.45, 2.75) is 11.1 Å². The number of nitro groups is 1. The lowest BCUT2D eigenvalue weighted by molar-refractivity contribution is -0.384. The summed E-state index contributed by atoms with van der Waals surface area (Å²) in [5, 5.41) is 11.7. The lowest BCUT2D eigenvalue weighted by Crippen LogP contribution is -2.30. The second kappa shape index (κ2) is 5.25. The number of amides is 1. The third-order valence-electron chi connectivity index (χ3n) is 1.94. The molecule has 0 saturated heterocycles. The van der Waals surface area contributed by atoms with Gasteiger partial charge in [-0.05, 0) is 6.07 Å². The second-order valence-electron chi connectivity index (χ2n) is 3.33. The normalized spacial score (nSPS) is 12.0. The van der Waals surface area contributed by atoms with E-state index in [2.05, 4.69) is 0 Å². The molecule has 0 aliphatic heterocycles. The van der Waals surface area contributed by atoms with Gasteiger partial charge in [0.25, 0.3) is 14.7 Å². The topological polar surface area (TPSA) is 106 Å². The molecule has 0 heterocycles. The monoisotopic (exact) mass is 332 g/mol. The molecule has 0 aromatic heterocycles. The summed E-state index contributed by atoms with van der Waals surface area (Å²) < 4.78 is 58.5. The highest BCUT2D eigenvalue weighted by atomic mass is 35.7. The molecule has 0 radical (unpaired) electrons. The lowest BCUT2D eigenvalue weighted by atomic mass is 10.2. The van der Waals surface area contributed by atoms with E-state index in [-0.39, 0.29) is 0 Å². The molecule has 20 heavy (non-hydrogen) atoms. The summed E-state index contributed by atoms with van der Waals surface area (Å²) in [5.41, 5.74) is -1.65. The van der Waals surface area contributed by atoms with Crippen LogP contribution >= 0.6 is 10.7 Å². The molecule has 7 nitrogen and oxygen atoms in total. The average molecular weight is 333 g/mol. The number of benzene rings is 1. The van der Waals surface area contributed by atoms with Gasteiger partial charge in [0.15, 0.2) is 0 Å². The van der Waals surface area contributed by atoms with E-state index in [1.165, 1.54) is 5.32 Å². The Balaban J connectivity index is 3.37. The summed E-state index contributed by atoms with van der Waals surface area (Å²) >= 11 is 0. The Morgan fingerprint density at radius 1 is 1.35 bits per heavy atom. The quantitative estimate of drug-likeness (QED) is 0.517. The number of carbonyl (C=O) groups excluding carboxylic acids is 1. The van der Waals surface area contributed by atoms with E-state index in [1.807, 2.05) is 0 Å². The molecule has 0 atom stereocenters. The Kier molecular flexibility index (Phi) is 4.24. The number of carbonyl (C=O) groups is 1. The molecule has 1 aromatic rings. The van der Waals surface area contributed by atoms with Crippen molar-refractivity contribution in [2.75, 3.05) is 5.32 Å². The van der Waals surface area contributed by atoms with E-state index >= 15 is 0 Å². The number of nitrogens with one attached hydrogen (secondary N) is 1. The van der Waals surface area contributed by atoms with Crippen molar-refractivity contribution in [3.8, 4) is 0 Å². The number of alkyl halides is 3. The van der Waals surface area contributed by atoms with Gasteiger partial charge in [0, 0.05) is 22.8 Å². The van der Waals surface area contributed by atoms with Gasteiger partial charge in [-0.25, -0.2) is 8.42 Å². The van der Waals surface area contributed by atoms with E-state index in [1.54, 1.807) is 0 Å². The zero-order chi connectivity index (χ0) is 15.7. The van der Waals surface area contributed by atoms with Gasteiger partial charge in [0.05, 0.1) is 10.6 Å². The van der Waals surface area contributed by atoms with Crippen LogP contribution in [-0.4, -0.2) is 25.4 Å². The number of hydrogen-bond donors (Lipinski definition) is 1. The third-order valence-corrected chi connectivity index (χ3v) is 3.32. The molecule has 0 aliphatic rings. The predicted octanol–water partition coefficient (Wildman–Crippen LogP) is 2.02. The van der Waals surface area contributed by atoms with Crippen LogP contribution in [0.4, 0.5) is 24.5 Å². The molecule has 12 heteroatoms. The Morgan fingerprint density at radius 3 is 2.30 bits per heavy atom. The minimum atomic E-state index is -5.29. The van der Waals surface area contributed by atoms with Gasteiger partial charge in [0.2, 0.25) is 0 Å². The van der Waals surface area contributed by atoms with Crippen LogP contribution in [0, 0.1) is 10.1 Å². The van der Waals surface area contributed by atoms with Crippen LogP contribution < -0.4 is 5.32 Å². The standard InChI is InChI=1S/C8H4ClF3N2O5S/c9-20(18,19)6-2-1-4(14(16)17)3-5(6)13-7(15)8(10,11)12/h1-3H,(H,13,15). The van der Waals surface area contributed by atoms with Gasteiger partial charge >= 0.3 is 12.1 Å². The number of halogens is 4. The van der Waals surface area contributed by atoms with Crippen LogP contribution in [0.3, 0.4) is 0 Å². The van der Waals surface area contributed by atoms with Crippen LogP contribution in [-0.2, 0) is 13.8 Å². The van der Waals surface area contributed by atoms with Crippen LogP contribution in [0.25, 0.3) is 0 Å². The number of nitro benzene ring substituents is 1. The predicted molar refractivity (Wildman–Crippen MR) is 60.8 cm³/mol. The molecule has 1 rings (SSSR count). The molecule has 0 spiro atoms. The number of non-ortho nitro benzene ring substituents is 1. The van der Waals surface area contributed by atoms with Gasteiger partial charge in [-0.15, -0.1) is 0 Å². The Morgan fingerprint density at radius 2 is 1.90 bits per heavy atom. The first kappa shape index (κ1) is 16.2. The van der Waals surface area contributed by atoms with E-state index < -0.39 is 42.3 Å². The largest absolute Gasteiger partial charge is 0.471 e. The van der Waals surface area contributed by atoms with Gasteiger partial charge in [-0.3, -0.25) is 14.9 Å². The SMILES string of the molecule is O=C(Nc1cc([N+](=O)[O-])ccc1S(=O)(=O)Cl)C(F)(F)F. The van der Waals surface area contributed by atoms with E-state index in [0.717, 1.165) is 6.07 Å². The Bertz CT molecular complexity index is 673. The summed E-state index contributed by atoms with van der Waals surface area (Å²) in [6.07, 6.45) is -5.29. The fraction of sp³-hybridized carbons (Fsp3) is 0.125. The first-order valence-corrected chi connectivity index (χ1v) is 6.85. The molecule has 0 unspecified atom stereocenters. The smallest absolute Gasteiger partial charge is 0.317 e. The zero-order valence-electron chi connectivity index (χ0n) is 9.14. The Hall–Kier alpha value is -1.88. The minimum absolute atomic E-state index is 0.457. The van der Waals surface area contributed by atoms with Crippen molar-refractivity contribution in [1.29, 1.82) is 0 Å². The zero-order valence-corrected chi connectivity index (χ0v) is 10.7. The molecule has 110 valence electrons. The van der Waals surface area contributed by atoms with Gasteiger partial charge in [-0.2, -0.15) is 13.2 Å². The van der Waals surface area contributed by atoms with Crippen molar-refractivity contribution in [1.82, 2.24) is 0 Å². The van der Waals surface area contributed by atoms with E-state index in [9.17, 15) is 36.5 Å². The van der Waals surface area contributed by atoms with Crippen LogP contribution in [0.1, 0.15) is 0 Å². The molecular formula is C8H4ClF3N2O5S. The number of hydrogen-bond acceptors (Lipinski definition) is 5. The molecule has 0 saturated carbocycles. The van der Waals surface area contributed by atoms with Crippen molar-refractivity contribution in [3.63, 3.8) is 0 Å². The van der Waals surface area contributed by atoms with Crippen LogP contribution in [0.2, 0.25) is 0 Å². The fourth-order valence-corrected chi connectivity index (χ4v) is 2.14. The third kappa shape index (κ3) is 3.81. The lowest BCUT2D eigenvalue weighted by Gasteiger charge is -2.10. The van der Waals surface area contributed by atoms with Crippen molar-refractivity contribution < 1.29 is 31.3 Å². The highest BCUT2D eigenvalue weighted by Gasteiger charge is 2.39. The van der Waals surface area contributed by atoms with Gasteiger partial charge in [-0.1, -0.05) is 0 Å². The molecule has 1 aromatic carbocycles. The molecule has 1 amide bonds. The maximum absolute atomic E-state index is 12.1. The fourth-order valence-electron chi connectivity index (χ4n) is 1.14. The summed E-state index contributed by atoms with van der Waals surface area (Å²) in [4.78, 5) is 19.4. The van der Waals surface area contributed by atoms with E-state index in [0.29, 0.717) is 12.1 Å². The van der Waals surface area contributed by atoms with Crippen LogP contribution in [0.15, 0.2) is 23.1 Å². The second-order valence-corrected chi connectivity index (χ2v) is 5.86. The first-order valence-electron chi connectivity index (χ1n) is 4.54. The molecule has 0 aliphatic carbocycles.